The number of nitrogens with one attached hydrogen (secondary N) is 1. The number of rotatable bonds is 3. The molecule has 2 unspecified atom stereocenters. The summed E-state index contributed by atoms with van der Waals surface area (Å²) >= 11 is 4.01. The molecule has 2 rings (SSSR count). The van der Waals surface area contributed by atoms with Gasteiger partial charge in [0.25, 0.3) is 0 Å². The molecule has 0 aromatic heterocycles. The van der Waals surface area contributed by atoms with E-state index < -0.39 is 0 Å². The van der Waals surface area contributed by atoms with E-state index in [2.05, 4.69) is 29.0 Å². The van der Waals surface area contributed by atoms with Crippen LogP contribution >= 0.6 is 23.5 Å². The van der Waals surface area contributed by atoms with Crippen molar-refractivity contribution in [2.75, 3.05) is 18.1 Å². The van der Waals surface area contributed by atoms with Crippen LogP contribution in [0.1, 0.15) is 32.6 Å². The highest BCUT2D eigenvalue weighted by Gasteiger charge is 2.25. The van der Waals surface area contributed by atoms with E-state index in [1.807, 2.05) is 11.8 Å². The number of nitrogens with zero attached hydrogens (tertiary/aromatic N) is 1. The summed E-state index contributed by atoms with van der Waals surface area (Å²) in [6, 6.07) is 0.693. The first-order valence-corrected chi connectivity index (χ1v) is 7.97. The molecule has 1 saturated carbocycles. The SMILES string of the molecule is CCSC1CCC(NC2=NCCCS2)C1. The lowest BCUT2D eigenvalue weighted by Crippen LogP contribution is -2.32. The summed E-state index contributed by atoms with van der Waals surface area (Å²) < 4.78 is 0. The van der Waals surface area contributed by atoms with E-state index in [0.717, 1.165) is 11.8 Å². The van der Waals surface area contributed by atoms with Crippen molar-refractivity contribution in [3.8, 4) is 0 Å². The van der Waals surface area contributed by atoms with Crippen LogP contribution in [0.2, 0.25) is 0 Å². The molecule has 2 nitrogen and oxygen atoms in total. The lowest BCUT2D eigenvalue weighted by Gasteiger charge is -2.18. The fourth-order valence-electron chi connectivity index (χ4n) is 2.18. The Labute approximate surface area is 101 Å². The molecule has 2 aliphatic rings. The van der Waals surface area contributed by atoms with Crippen LogP contribution in [-0.2, 0) is 0 Å². The summed E-state index contributed by atoms with van der Waals surface area (Å²) in [6.45, 7) is 3.28. The molecule has 0 aromatic carbocycles. The van der Waals surface area contributed by atoms with Gasteiger partial charge in [-0.15, -0.1) is 0 Å². The van der Waals surface area contributed by atoms with E-state index in [1.54, 1.807) is 0 Å². The molecule has 0 amide bonds. The van der Waals surface area contributed by atoms with Crippen molar-refractivity contribution < 1.29 is 0 Å². The molecular weight excluding hydrogens is 224 g/mol. The molecule has 86 valence electrons. The largest absolute Gasteiger partial charge is 0.362 e. The van der Waals surface area contributed by atoms with Crippen LogP contribution in [0.4, 0.5) is 0 Å². The van der Waals surface area contributed by atoms with Gasteiger partial charge in [-0.05, 0) is 31.4 Å². The average Bonchev–Trinajstić information content (AvgIpc) is 2.68. The van der Waals surface area contributed by atoms with E-state index >= 15 is 0 Å². The third-order valence-electron chi connectivity index (χ3n) is 2.91. The highest BCUT2D eigenvalue weighted by Crippen LogP contribution is 2.30. The molecule has 1 fully saturated rings. The summed E-state index contributed by atoms with van der Waals surface area (Å²) in [5.41, 5.74) is 0. The summed E-state index contributed by atoms with van der Waals surface area (Å²) in [5.74, 6) is 2.50. The molecule has 0 aromatic rings. The zero-order valence-electron chi connectivity index (χ0n) is 9.37. The van der Waals surface area contributed by atoms with Gasteiger partial charge in [0.05, 0.1) is 0 Å². The van der Waals surface area contributed by atoms with Crippen molar-refractivity contribution in [2.24, 2.45) is 4.99 Å². The molecule has 1 aliphatic carbocycles. The Morgan fingerprint density at radius 1 is 1.53 bits per heavy atom. The van der Waals surface area contributed by atoms with Crippen molar-refractivity contribution in [2.45, 2.75) is 43.9 Å². The second-order valence-electron chi connectivity index (χ2n) is 4.12. The van der Waals surface area contributed by atoms with Crippen molar-refractivity contribution in [1.82, 2.24) is 5.32 Å². The Morgan fingerprint density at radius 2 is 2.47 bits per heavy atom. The lowest BCUT2D eigenvalue weighted by molar-refractivity contribution is 0.634. The van der Waals surface area contributed by atoms with Gasteiger partial charge in [0.2, 0.25) is 0 Å². The van der Waals surface area contributed by atoms with Crippen LogP contribution < -0.4 is 5.32 Å². The van der Waals surface area contributed by atoms with Crippen LogP contribution in [0.5, 0.6) is 0 Å². The van der Waals surface area contributed by atoms with Crippen molar-refractivity contribution in [1.29, 1.82) is 0 Å². The van der Waals surface area contributed by atoms with Gasteiger partial charge in [0.15, 0.2) is 5.17 Å². The molecule has 1 heterocycles. The second-order valence-corrected chi connectivity index (χ2v) is 6.78. The smallest absolute Gasteiger partial charge is 0.156 e. The monoisotopic (exact) mass is 244 g/mol. The van der Waals surface area contributed by atoms with E-state index in [0.29, 0.717) is 6.04 Å². The standard InChI is InChI=1S/C11H20N2S2/c1-2-14-10-5-4-9(8-10)13-11-12-6-3-7-15-11/h9-10H,2-8H2,1H3,(H,12,13). The van der Waals surface area contributed by atoms with Crippen molar-refractivity contribution in [3.63, 3.8) is 0 Å². The van der Waals surface area contributed by atoms with Gasteiger partial charge in [0.1, 0.15) is 0 Å². The first kappa shape index (κ1) is 11.6. The molecule has 4 heteroatoms. The quantitative estimate of drug-likeness (QED) is 0.826. The molecule has 0 saturated heterocycles. The van der Waals surface area contributed by atoms with Gasteiger partial charge >= 0.3 is 0 Å². The predicted octanol–water partition coefficient (Wildman–Crippen LogP) is 2.74. The molecule has 0 spiro atoms. The molecular formula is C11H20N2S2. The molecule has 0 radical (unpaired) electrons. The highest BCUT2D eigenvalue weighted by atomic mass is 32.2. The van der Waals surface area contributed by atoms with Gasteiger partial charge in [-0.1, -0.05) is 18.7 Å². The second kappa shape index (κ2) is 6.04. The van der Waals surface area contributed by atoms with E-state index in [-0.39, 0.29) is 0 Å². The Morgan fingerprint density at radius 3 is 3.20 bits per heavy atom. The maximum atomic E-state index is 4.53. The summed E-state index contributed by atoms with van der Waals surface area (Å²) in [6.07, 6.45) is 5.29. The van der Waals surface area contributed by atoms with Crippen LogP contribution in [-0.4, -0.2) is 34.5 Å². The Kier molecular flexibility index (Phi) is 4.69. The van der Waals surface area contributed by atoms with E-state index in [1.165, 1.54) is 42.4 Å². The topological polar surface area (TPSA) is 24.4 Å². The summed E-state index contributed by atoms with van der Waals surface area (Å²) in [7, 11) is 0. The first-order chi connectivity index (χ1) is 7.38. The lowest BCUT2D eigenvalue weighted by atomic mass is 10.3. The zero-order chi connectivity index (χ0) is 10.5. The number of hydrogen-bond donors (Lipinski definition) is 1. The molecule has 15 heavy (non-hydrogen) atoms. The van der Waals surface area contributed by atoms with Gasteiger partial charge in [0, 0.05) is 23.6 Å². The zero-order valence-corrected chi connectivity index (χ0v) is 11.0. The van der Waals surface area contributed by atoms with Gasteiger partial charge in [-0.25, -0.2) is 0 Å². The fraction of sp³-hybridized carbons (Fsp3) is 0.909. The van der Waals surface area contributed by atoms with Crippen molar-refractivity contribution in [3.05, 3.63) is 0 Å². The minimum absolute atomic E-state index is 0.693. The van der Waals surface area contributed by atoms with Gasteiger partial charge in [-0.3, -0.25) is 4.99 Å². The summed E-state index contributed by atoms with van der Waals surface area (Å²) in [4.78, 5) is 4.53. The van der Waals surface area contributed by atoms with Crippen LogP contribution in [0, 0.1) is 0 Å². The average molecular weight is 244 g/mol. The minimum atomic E-state index is 0.693. The molecule has 1 aliphatic heterocycles. The molecule has 0 bridgehead atoms. The maximum Gasteiger partial charge on any atom is 0.156 e. The third-order valence-corrected chi connectivity index (χ3v) is 5.16. The number of amidine groups is 1. The third kappa shape index (κ3) is 3.59. The summed E-state index contributed by atoms with van der Waals surface area (Å²) in [5, 5.41) is 5.70. The Balaban J connectivity index is 1.74. The Hall–Kier alpha value is 0.170. The minimum Gasteiger partial charge on any atom is -0.362 e. The van der Waals surface area contributed by atoms with E-state index in [9.17, 15) is 0 Å². The predicted molar refractivity (Wildman–Crippen MR) is 72.1 cm³/mol. The van der Waals surface area contributed by atoms with E-state index in [4.69, 9.17) is 0 Å². The van der Waals surface area contributed by atoms with Gasteiger partial charge in [-0.2, -0.15) is 11.8 Å². The van der Waals surface area contributed by atoms with Crippen LogP contribution in [0.25, 0.3) is 0 Å². The van der Waals surface area contributed by atoms with Crippen LogP contribution in [0.3, 0.4) is 0 Å². The molecule has 2 atom stereocenters. The van der Waals surface area contributed by atoms with Gasteiger partial charge < -0.3 is 5.32 Å². The number of aliphatic imine (C=N–C) groups is 1. The molecule has 1 N–H and O–H groups in total. The number of hydrogen-bond acceptors (Lipinski definition) is 4. The number of thioether (sulfide) groups is 2. The van der Waals surface area contributed by atoms with Crippen LogP contribution in [0.15, 0.2) is 4.99 Å². The first-order valence-electron chi connectivity index (χ1n) is 5.94. The highest BCUT2D eigenvalue weighted by molar-refractivity contribution is 8.13. The normalized spacial score (nSPS) is 31.4. The van der Waals surface area contributed by atoms with Crippen molar-refractivity contribution >= 4 is 28.7 Å². The Bertz CT molecular complexity index is 231. The maximum absolute atomic E-state index is 4.53. The fourth-order valence-corrected chi connectivity index (χ4v) is 4.22.